The Balaban J connectivity index is 2.47. The van der Waals surface area contributed by atoms with E-state index >= 15 is 0 Å². The molecular formula is C22H24BrFN2O4. The molecular weight excluding hydrogens is 455 g/mol. The van der Waals surface area contributed by atoms with E-state index in [1.807, 2.05) is 0 Å². The van der Waals surface area contributed by atoms with E-state index in [2.05, 4.69) is 15.9 Å². The third kappa shape index (κ3) is 6.13. The Hall–Kier alpha value is -2.74. The number of nitrogens with two attached hydrogens (primary N) is 1. The Bertz CT molecular complexity index is 914. The predicted octanol–water partition coefficient (Wildman–Crippen LogP) is 3.77. The molecule has 0 aliphatic carbocycles. The number of halogens is 2. The van der Waals surface area contributed by atoms with Crippen molar-refractivity contribution >= 4 is 33.7 Å². The summed E-state index contributed by atoms with van der Waals surface area (Å²) < 4.78 is 14.1. The van der Waals surface area contributed by atoms with Gasteiger partial charge in [-0.15, -0.1) is 0 Å². The first-order valence-corrected chi connectivity index (χ1v) is 10.2. The summed E-state index contributed by atoms with van der Waals surface area (Å²) in [5, 5.41) is 9.86. The zero-order chi connectivity index (χ0) is 22.5. The lowest BCUT2D eigenvalue weighted by Crippen LogP contribution is -2.57. The van der Waals surface area contributed by atoms with E-state index in [4.69, 9.17) is 5.73 Å². The van der Waals surface area contributed by atoms with Crippen LogP contribution in [0.1, 0.15) is 42.6 Å². The van der Waals surface area contributed by atoms with Crippen molar-refractivity contribution < 1.29 is 23.9 Å². The van der Waals surface area contributed by atoms with E-state index in [0.717, 1.165) is 10.0 Å². The molecule has 6 nitrogen and oxygen atoms in total. The van der Waals surface area contributed by atoms with Gasteiger partial charge in [-0.25, -0.2) is 9.18 Å². The van der Waals surface area contributed by atoms with E-state index in [9.17, 15) is 23.9 Å². The lowest BCUT2D eigenvalue weighted by molar-refractivity contribution is -0.144. The standard InChI is InChI=1S/C22H24BrFN2O4/c1-22(2,13-14-3-9-17(24)10-4-14)26(18(21(29)30)11-12-19(25)27)20(28)15-5-7-16(23)8-6-15/h3-10,18H,11-13H2,1-2H3,(H2,25,27)(H,29,30)/t18-/m0/s1. The van der Waals surface area contributed by atoms with E-state index in [0.29, 0.717) is 5.56 Å². The summed E-state index contributed by atoms with van der Waals surface area (Å²) in [5.74, 6) is -2.74. The molecule has 2 aromatic carbocycles. The summed E-state index contributed by atoms with van der Waals surface area (Å²) in [6, 6.07) is 11.1. The highest BCUT2D eigenvalue weighted by molar-refractivity contribution is 9.10. The van der Waals surface area contributed by atoms with Crippen molar-refractivity contribution in [2.45, 2.75) is 44.7 Å². The van der Waals surface area contributed by atoms with Gasteiger partial charge in [0.1, 0.15) is 11.9 Å². The molecule has 0 aromatic heterocycles. The Morgan fingerprint density at radius 2 is 1.67 bits per heavy atom. The number of carbonyl (C=O) groups excluding carboxylic acids is 2. The fourth-order valence-corrected chi connectivity index (χ4v) is 3.66. The molecule has 0 aliphatic heterocycles. The highest BCUT2D eigenvalue weighted by Crippen LogP contribution is 2.28. The van der Waals surface area contributed by atoms with Crippen molar-refractivity contribution in [3.63, 3.8) is 0 Å². The fourth-order valence-electron chi connectivity index (χ4n) is 3.40. The summed E-state index contributed by atoms with van der Waals surface area (Å²) >= 11 is 3.31. The molecule has 0 radical (unpaired) electrons. The average molecular weight is 479 g/mol. The average Bonchev–Trinajstić information content (AvgIpc) is 2.66. The van der Waals surface area contributed by atoms with Crippen molar-refractivity contribution in [2.75, 3.05) is 0 Å². The van der Waals surface area contributed by atoms with Crippen LogP contribution in [0.15, 0.2) is 53.0 Å². The summed E-state index contributed by atoms with van der Waals surface area (Å²) in [4.78, 5) is 38.1. The number of rotatable bonds is 9. The Kier molecular flexibility index (Phi) is 7.72. The van der Waals surface area contributed by atoms with Crippen LogP contribution in [0, 0.1) is 5.82 Å². The minimum absolute atomic E-state index is 0.111. The van der Waals surface area contributed by atoms with Crippen molar-refractivity contribution in [3.05, 3.63) is 69.9 Å². The van der Waals surface area contributed by atoms with E-state index in [-0.39, 0.29) is 25.1 Å². The molecule has 2 amide bonds. The Labute approximate surface area is 183 Å². The zero-order valence-electron chi connectivity index (χ0n) is 16.8. The molecule has 2 aromatic rings. The van der Waals surface area contributed by atoms with Crippen LogP contribution in [-0.4, -0.2) is 39.4 Å². The molecule has 0 bridgehead atoms. The van der Waals surface area contributed by atoms with Gasteiger partial charge >= 0.3 is 5.97 Å². The number of benzene rings is 2. The van der Waals surface area contributed by atoms with Crippen molar-refractivity contribution in [1.29, 1.82) is 0 Å². The van der Waals surface area contributed by atoms with Crippen LogP contribution in [0.5, 0.6) is 0 Å². The maximum atomic E-state index is 13.4. The topological polar surface area (TPSA) is 101 Å². The number of aliphatic carboxylic acids is 1. The lowest BCUT2D eigenvalue weighted by Gasteiger charge is -2.42. The van der Waals surface area contributed by atoms with E-state index in [1.165, 1.54) is 17.0 Å². The highest BCUT2D eigenvalue weighted by atomic mass is 79.9. The van der Waals surface area contributed by atoms with Gasteiger partial charge in [-0.2, -0.15) is 0 Å². The SMILES string of the molecule is CC(C)(Cc1ccc(F)cc1)N(C(=O)c1ccc(Br)cc1)[C@@H](CCC(N)=O)C(=O)O. The molecule has 0 unspecified atom stereocenters. The summed E-state index contributed by atoms with van der Waals surface area (Å²) in [6.07, 6.45) is 0.00337. The number of primary amides is 1. The van der Waals surface area contributed by atoms with Crippen molar-refractivity contribution in [2.24, 2.45) is 5.73 Å². The Morgan fingerprint density at radius 3 is 2.17 bits per heavy atom. The third-order valence-corrected chi connectivity index (χ3v) is 5.30. The van der Waals surface area contributed by atoms with Crippen molar-refractivity contribution in [3.8, 4) is 0 Å². The monoisotopic (exact) mass is 478 g/mol. The first kappa shape index (κ1) is 23.5. The summed E-state index contributed by atoms with van der Waals surface area (Å²) in [7, 11) is 0. The van der Waals surface area contributed by atoms with Gasteiger partial charge in [-0.05, 0) is 68.7 Å². The molecule has 0 spiro atoms. The number of carboxylic acids is 1. The molecule has 2 rings (SSSR count). The molecule has 0 fully saturated rings. The van der Waals surface area contributed by atoms with E-state index < -0.39 is 29.4 Å². The first-order valence-electron chi connectivity index (χ1n) is 9.36. The number of hydrogen-bond donors (Lipinski definition) is 2. The lowest BCUT2D eigenvalue weighted by atomic mass is 9.89. The smallest absolute Gasteiger partial charge is 0.326 e. The van der Waals surface area contributed by atoms with Gasteiger partial charge in [0.2, 0.25) is 5.91 Å². The maximum absolute atomic E-state index is 13.4. The van der Waals surface area contributed by atoms with Crippen LogP contribution in [0.4, 0.5) is 4.39 Å². The van der Waals surface area contributed by atoms with Crippen LogP contribution in [0.2, 0.25) is 0 Å². The van der Waals surface area contributed by atoms with Gasteiger partial charge in [0, 0.05) is 22.0 Å². The molecule has 0 saturated carbocycles. The van der Waals surface area contributed by atoms with Gasteiger partial charge in [-0.3, -0.25) is 9.59 Å². The zero-order valence-corrected chi connectivity index (χ0v) is 18.4. The van der Waals surface area contributed by atoms with Crippen molar-refractivity contribution in [1.82, 2.24) is 4.90 Å². The van der Waals surface area contributed by atoms with Crippen LogP contribution >= 0.6 is 15.9 Å². The van der Waals surface area contributed by atoms with E-state index in [1.54, 1.807) is 50.2 Å². The first-order chi connectivity index (χ1) is 14.0. The molecule has 160 valence electrons. The van der Waals surface area contributed by atoms with Gasteiger partial charge < -0.3 is 15.7 Å². The normalized spacial score (nSPS) is 12.3. The molecule has 30 heavy (non-hydrogen) atoms. The second-order valence-electron chi connectivity index (χ2n) is 7.66. The largest absolute Gasteiger partial charge is 0.480 e. The number of hydrogen-bond acceptors (Lipinski definition) is 3. The number of amides is 2. The molecule has 0 heterocycles. The molecule has 3 N–H and O–H groups in total. The molecule has 8 heteroatoms. The number of carbonyl (C=O) groups is 3. The quantitative estimate of drug-likeness (QED) is 0.572. The highest BCUT2D eigenvalue weighted by Gasteiger charge is 2.40. The minimum atomic E-state index is -1.26. The molecule has 1 atom stereocenters. The van der Waals surface area contributed by atoms with Crippen LogP contribution < -0.4 is 5.73 Å². The van der Waals surface area contributed by atoms with Crippen LogP contribution in [0.3, 0.4) is 0 Å². The maximum Gasteiger partial charge on any atom is 0.326 e. The second kappa shape index (κ2) is 9.84. The minimum Gasteiger partial charge on any atom is -0.480 e. The van der Waals surface area contributed by atoms with Crippen LogP contribution in [-0.2, 0) is 16.0 Å². The van der Waals surface area contributed by atoms with Gasteiger partial charge in [0.05, 0.1) is 0 Å². The Morgan fingerprint density at radius 1 is 1.10 bits per heavy atom. The van der Waals surface area contributed by atoms with Gasteiger partial charge in [0.25, 0.3) is 5.91 Å². The predicted molar refractivity (Wildman–Crippen MR) is 114 cm³/mol. The molecule has 0 saturated heterocycles. The summed E-state index contributed by atoms with van der Waals surface area (Å²) in [6.45, 7) is 3.49. The number of carboxylic acid groups (broad SMARTS) is 1. The van der Waals surface area contributed by atoms with Gasteiger partial charge in [-0.1, -0.05) is 28.1 Å². The van der Waals surface area contributed by atoms with Gasteiger partial charge in [0.15, 0.2) is 0 Å². The third-order valence-electron chi connectivity index (χ3n) is 4.77. The summed E-state index contributed by atoms with van der Waals surface area (Å²) in [5.41, 5.74) is 5.32. The van der Waals surface area contributed by atoms with Crippen LogP contribution in [0.25, 0.3) is 0 Å². The number of nitrogens with zero attached hydrogens (tertiary/aromatic N) is 1. The fraction of sp³-hybridized carbons (Fsp3) is 0.318. The second-order valence-corrected chi connectivity index (χ2v) is 8.57. The molecule has 0 aliphatic rings.